The van der Waals surface area contributed by atoms with Crippen molar-refractivity contribution < 1.29 is 4.42 Å². The summed E-state index contributed by atoms with van der Waals surface area (Å²) in [6.07, 6.45) is 0. The average Bonchev–Trinajstić information content (AvgIpc) is 3.55. The zero-order chi connectivity index (χ0) is 32.3. The molecule has 228 valence electrons. The van der Waals surface area contributed by atoms with Crippen LogP contribution >= 0.6 is 0 Å². The lowest BCUT2D eigenvalue weighted by atomic mass is 9.99. The number of hydrogen-bond acceptors (Lipinski definition) is 4. The molecule has 10 aromatic rings. The SMILES string of the molecule is c1ccc2cc(-c3ccc4c(c3)oc3cccc(-c5nc(-c6ccc7ccccc7c6)nc(-c6ccc7ccccc7c6)n5)c34)ccc2c1. The topological polar surface area (TPSA) is 51.8 Å². The van der Waals surface area contributed by atoms with Crippen LogP contribution < -0.4 is 0 Å². The smallest absolute Gasteiger partial charge is 0.164 e. The maximum atomic E-state index is 6.52. The summed E-state index contributed by atoms with van der Waals surface area (Å²) in [6, 6.07) is 57.0. The summed E-state index contributed by atoms with van der Waals surface area (Å²) < 4.78 is 6.52. The molecule has 0 radical (unpaired) electrons. The van der Waals surface area contributed by atoms with E-state index >= 15 is 0 Å². The molecule has 0 saturated carbocycles. The molecule has 0 spiro atoms. The summed E-state index contributed by atoms with van der Waals surface area (Å²) in [4.78, 5) is 15.3. The van der Waals surface area contributed by atoms with Crippen molar-refractivity contribution in [3.63, 3.8) is 0 Å². The number of hydrogen-bond donors (Lipinski definition) is 0. The van der Waals surface area contributed by atoms with Gasteiger partial charge in [0.2, 0.25) is 0 Å². The van der Waals surface area contributed by atoms with Gasteiger partial charge in [0.1, 0.15) is 11.2 Å². The van der Waals surface area contributed by atoms with E-state index in [1.54, 1.807) is 0 Å². The van der Waals surface area contributed by atoms with Crippen LogP contribution in [0.4, 0.5) is 0 Å². The molecule has 2 aromatic heterocycles. The summed E-state index contributed by atoms with van der Waals surface area (Å²) >= 11 is 0. The highest BCUT2D eigenvalue weighted by Gasteiger charge is 2.18. The Kier molecular flexibility index (Phi) is 6.15. The molecule has 0 fully saturated rings. The normalized spacial score (nSPS) is 11.7. The van der Waals surface area contributed by atoms with E-state index < -0.39 is 0 Å². The van der Waals surface area contributed by atoms with E-state index in [9.17, 15) is 0 Å². The van der Waals surface area contributed by atoms with Gasteiger partial charge in [0.15, 0.2) is 17.5 Å². The fraction of sp³-hybridized carbons (Fsp3) is 0. The van der Waals surface area contributed by atoms with E-state index in [4.69, 9.17) is 19.4 Å². The first-order valence-electron chi connectivity index (χ1n) is 16.4. The molecule has 0 aliphatic rings. The Hall–Kier alpha value is -6.65. The third-order valence-corrected chi connectivity index (χ3v) is 9.47. The van der Waals surface area contributed by atoms with E-state index in [1.807, 2.05) is 12.1 Å². The highest BCUT2D eigenvalue weighted by molar-refractivity contribution is 6.12. The fourth-order valence-electron chi connectivity index (χ4n) is 6.97. The van der Waals surface area contributed by atoms with Crippen molar-refractivity contribution in [2.75, 3.05) is 0 Å². The van der Waals surface area contributed by atoms with Crippen molar-refractivity contribution in [1.29, 1.82) is 0 Å². The van der Waals surface area contributed by atoms with Crippen LogP contribution in [0.2, 0.25) is 0 Å². The first-order valence-corrected chi connectivity index (χ1v) is 16.4. The first kappa shape index (κ1) is 27.5. The fourth-order valence-corrected chi connectivity index (χ4v) is 6.97. The van der Waals surface area contributed by atoms with Crippen molar-refractivity contribution in [2.45, 2.75) is 0 Å². The second-order valence-electron chi connectivity index (χ2n) is 12.5. The van der Waals surface area contributed by atoms with Gasteiger partial charge in [0.05, 0.1) is 0 Å². The molecule has 10 rings (SSSR count). The minimum absolute atomic E-state index is 0.605. The summed E-state index contributed by atoms with van der Waals surface area (Å²) in [5.41, 5.74) is 6.66. The molecule has 0 saturated heterocycles. The van der Waals surface area contributed by atoms with Crippen LogP contribution in [0.1, 0.15) is 0 Å². The van der Waals surface area contributed by atoms with Gasteiger partial charge < -0.3 is 4.42 Å². The second kappa shape index (κ2) is 11.0. The largest absolute Gasteiger partial charge is 0.456 e. The molecule has 0 atom stereocenters. The molecule has 0 aliphatic heterocycles. The van der Waals surface area contributed by atoms with Gasteiger partial charge >= 0.3 is 0 Å². The van der Waals surface area contributed by atoms with Gasteiger partial charge in [0.25, 0.3) is 0 Å². The minimum atomic E-state index is 0.605. The zero-order valence-corrected chi connectivity index (χ0v) is 26.3. The van der Waals surface area contributed by atoms with Crippen molar-refractivity contribution in [3.8, 4) is 45.3 Å². The van der Waals surface area contributed by atoms with Crippen LogP contribution in [0.3, 0.4) is 0 Å². The van der Waals surface area contributed by atoms with Crippen LogP contribution in [0.5, 0.6) is 0 Å². The van der Waals surface area contributed by atoms with E-state index in [1.165, 1.54) is 21.5 Å². The van der Waals surface area contributed by atoms with E-state index in [0.717, 1.165) is 60.5 Å². The van der Waals surface area contributed by atoms with Gasteiger partial charge in [-0.2, -0.15) is 0 Å². The Morgan fingerprint density at radius 3 is 1.39 bits per heavy atom. The minimum Gasteiger partial charge on any atom is -0.456 e. The van der Waals surface area contributed by atoms with Crippen LogP contribution in [-0.4, -0.2) is 15.0 Å². The lowest BCUT2D eigenvalue weighted by Gasteiger charge is -2.10. The zero-order valence-electron chi connectivity index (χ0n) is 26.3. The van der Waals surface area contributed by atoms with Crippen LogP contribution in [-0.2, 0) is 0 Å². The van der Waals surface area contributed by atoms with Gasteiger partial charge in [-0.25, -0.2) is 15.0 Å². The highest BCUT2D eigenvalue weighted by atomic mass is 16.3. The summed E-state index contributed by atoms with van der Waals surface area (Å²) in [6.45, 7) is 0. The third kappa shape index (κ3) is 4.73. The molecule has 0 amide bonds. The van der Waals surface area contributed by atoms with Crippen molar-refractivity contribution in [1.82, 2.24) is 15.0 Å². The summed E-state index contributed by atoms with van der Waals surface area (Å²) in [5.74, 6) is 1.86. The maximum Gasteiger partial charge on any atom is 0.164 e. The lowest BCUT2D eigenvalue weighted by molar-refractivity contribution is 0.669. The summed E-state index contributed by atoms with van der Waals surface area (Å²) in [5, 5.41) is 9.08. The van der Waals surface area contributed by atoms with Gasteiger partial charge in [-0.1, -0.05) is 127 Å². The Morgan fingerprint density at radius 1 is 0.327 bits per heavy atom. The van der Waals surface area contributed by atoms with Crippen LogP contribution in [0.25, 0.3) is 99.5 Å². The van der Waals surface area contributed by atoms with Gasteiger partial charge in [0, 0.05) is 27.5 Å². The first-order chi connectivity index (χ1) is 24.2. The number of nitrogens with zero attached hydrogens (tertiary/aromatic N) is 3. The van der Waals surface area contributed by atoms with E-state index in [-0.39, 0.29) is 0 Å². The third-order valence-electron chi connectivity index (χ3n) is 9.47. The van der Waals surface area contributed by atoms with Gasteiger partial charge in [-0.15, -0.1) is 0 Å². The molecule has 49 heavy (non-hydrogen) atoms. The number of benzene rings is 8. The standard InChI is InChI=1S/C45H27N3O/c1-4-11-31-24-34(19-16-28(31)8-1)35-22-23-38-41(27-35)49-40-15-7-14-39(42(38)40)45-47-43(36-20-17-29-9-2-5-12-32(29)25-36)46-44(48-45)37-21-18-30-10-3-6-13-33(30)26-37/h1-27H. The van der Waals surface area contributed by atoms with Crippen molar-refractivity contribution in [3.05, 3.63) is 164 Å². The lowest BCUT2D eigenvalue weighted by Crippen LogP contribution is -2.00. The molecular formula is C45H27N3O. The average molecular weight is 626 g/mol. The molecule has 0 unspecified atom stereocenters. The monoisotopic (exact) mass is 625 g/mol. The van der Waals surface area contributed by atoms with E-state index in [2.05, 4.69) is 152 Å². The van der Waals surface area contributed by atoms with Gasteiger partial charge in [-0.05, 0) is 79.8 Å². The number of furan rings is 1. The molecule has 2 heterocycles. The van der Waals surface area contributed by atoms with Gasteiger partial charge in [-0.3, -0.25) is 0 Å². The summed E-state index contributed by atoms with van der Waals surface area (Å²) in [7, 11) is 0. The number of fused-ring (bicyclic) bond motifs is 6. The molecule has 4 heteroatoms. The van der Waals surface area contributed by atoms with Crippen LogP contribution in [0, 0.1) is 0 Å². The Balaban J connectivity index is 1.16. The van der Waals surface area contributed by atoms with Crippen molar-refractivity contribution in [2.24, 2.45) is 0 Å². The van der Waals surface area contributed by atoms with Crippen LogP contribution in [0.15, 0.2) is 168 Å². The Morgan fingerprint density at radius 2 is 0.796 bits per heavy atom. The molecule has 8 aromatic carbocycles. The molecule has 0 aliphatic carbocycles. The second-order valence-corrected chi connectivity index (χ2v) is 12.5. The van der Waals surface area contributed by atoms with Crippen molar-refractivity contribution >= 4 is 54.3 Å². The molecule has 0 bridgehead atoms. The number of aromatic nitrogens is 3. The quantitative estimate of drug-likeness (QED) is 0.195. The number of rotatable bonds is 4. The molecular weight excluding hydrogens is 599 g/mol. The molecule has 4 nitrogen and oxygen atoms in total. The highest BCUT2D eigenvalue weighted by Crippen LogP contribution is 2.39. The van der Waals surface area contributed by atoms with E-state index in [0.29, 0.717) is 17.5 Å². The predicted octanol–water partition coefficient (Wildman–Crippen LogP) is 11.9. The molecule has 0 N–H and O–H groups in total. The predicted molar refractivity (Wildman–Crippen MR) is 201 cm³/mol. The Bertz CT molecular complexity index is 2810. The maximum absolute atomic E-state index is 6.52. The Labute approximate surface area is 282 Å².